The maximum Gasteiger partial charge on any atom is 0.275 e. The molecule has 5 rings (SSSR count). The molecule has 1 amide bonds. The molecule has 1 aromatic heterocycles. The van der Waals surface area contributed by atoms with Crippen LogP contribution in [0.3, 0.4) is 0 Å². The molecule has 11 heteroatoms. The van der Waals surface area contributed by atoms with Crippen molar-refractivity contribution in [1.29, 1.82) is 0 Å². The van der Waals surface area contributed by atoms with Crippen molar-refractivity contribution in [1.82, 2.24) is 14.1 Å². The molecular formula is C31H34N4O6S. The van der Waals surface area contributed by atoms with Crippen molar-refractivity contribution >= 4 is 32.4 Å². The standard InChI is InChI=1S/C31H34N4O6S/c1-19(2)25-17-26(21(4)15-27(25)36)32-29(37)18-35-31(38)24-8-6-5-7-23(24)30(33-35)22-10-9-20(3)28(16-22)42(39,40)34-11-13-41-14-12-34/h5-10,15-17,19,36H,11-14,18H2,1-4H3,(H,32,37). The fourth-order valence-corrected chi connectivity index (χ4v) is 6.80. The summed E-state index contributed by atoms with van der Waals surface area (Å²) >= 11 is 0. The molecule has 1 aliphatic rings. The van der Waals surface area contributed by atoms with Crippen molar-refractivity contribution in [3.8, 4) is 17.0 Å². The first-order valence-electron chi connectivity index (χ1n) is 13.8. The molecule has 0 saturated carbocycles. The van der Waals surface area contributed by atoms with Crippen LogP contribution in [0.15, 0.2) is 64.3 Å². The van der Waals surface area contributed by atoms with Crippen molar-refractivity contribution in [3.63, 3.8) is 0 Å². The number of amides is 1. The number of phenolic OH excluding ortho intramolecular Hbond substituents is 1. The van der Waals surface area contributed by atoms with Gasteiger partial charge in [0.05, 0.1) is 29.2 Å². The molecule has 1 fully saturated rings. The zero-order valence-corrected chi connectivity index (χ0v) is 24.9. The molecule has 4 aromatic rings. The maximum atomic E-state index is 13.5. The van der Waals surface area contributed by atoms with Gasteiger partial charge < -0.3 is 15.2 Å². The van der Waals surface area contributed by atoms with E-state index >= 15 is 0 Å². The Labute approximate surface area is 244 Å². The molecule has 10 nitrogen and oxygen atoms in total. The van der Waals surface area contributed by atoms with Crippen LogP contribution in [0.25, 0.3) is 22.0 Å². The fourth-order valence-electron chi connectivity index (χ4n) is 5.14. The van der Waals surface area contributed by atoms with Crippen molar-refractivity contribution in [2.45, 2.75) is 45.1 Å². The number of benzene rings is 3. The number of sulfonamides is 1. The van der Waals surface area contributed by atoms with E-state index in [4.69, 9.17) is 4.74 Å². The normalized spacial score (nSPS) is 14.4. The predicted molar refractivity (Wildman–Crippen MR) is 161 cm³/mol. The van der Waals surface area contributed by atoms with Crippen LogP contribution in [-0.2, 0) is 26.1 Å². The highest BCUT2D eigenvalue weighted by Crippen LogP contribution is 2.32. The van der Waals surface area contributed by atoms with Gasteiger partial charge in [0.1, 0.15) is 12.3 Å². The van der Waals surface area contributed by atoms with Gasteiger partial charge in [-0.15, -0.1) is 0 Å². The average Bonchev–Trinajstić information content (AvgIpc) is 2.96. The average molecular weight is 591 g/mol. The Bertz CT molecular complexity index is 1840. The number of morpholine rings is 1. The zero-order valence-electron chi connectivity index (χ0n) is 24.0. The van der Waals surface area contributed by atoms with Gasteiger partial charge in [0.25, 0.3) is 5.56 Å². The number of ether oxygens (including phenoxy) is 1. The number of rotatable bonds is 7. The van der Waals surface area contributed by atoms with Gasteiger partial charge >= 0.3 is 0 Å². The van der Waals surface area contributed by atoms with E-state index in [1.807, 2.05) is 13.8 Å². The van der Waals surface area contributed by atoms with E-state index in [1.165, 1.54) is 4.31 Å². The highest BCUT2D eigenvalue weighted by Gasteiger charge is 2.28. The molecule has 2 N–H and O–H groups in total. The summed E-state index contributed by atoms with van der Waals surface area (Å²) in [6.07, 6.45) is 0. The van der Waals surface area contributed by atoms with E-state index in [-0.39, 0.29) is 36.2 Å². The van der Waals surface area contributed by atoms with Crippen LogP contribution in [0.4, 0.5) is 5.69 Å². The number of aryl methyl sites for hydroxylation is 2. The second kappa shape index (κ2) is 11.7. The summed E-state index contributed by atoms with van der Waals surface area (Å²) in [4.78, 5) is 26.7. The minimum Gasteiger partial charge on any atom is -0.508 e. The second-order valence-electron chi connectivity index (χ2n) is 10.8. The number of carbonyl (C=O) groups excluding carboxylic acids is 1. The zero-order chi connectivity index (χ0) is 30.2. The van der Waals surface area contributed by atoms with Gasteiger partial charge in [-0.05, 0) is 60.7 Å². The van der Waals surface area contributed by atoms with Gasteiger partial charge in [-0.25, -0.2) is 13.1 Å². The first kappa shape index (κ1) is 29.4. The van der Waals surface area contributed by atoms with Gasteiger partial charge in [0.2, 0.25) is 15.9 Å². The van der Waals surface area contributed by atoms with Crippen molar-refractivity contribution in [2.24, 2.45) is 0 Å². The van der Waals surface area contributed by atoms with Gasteiger partial charge in [-0.1, -0.05) is 44.2 Å². The van der Waals surface area contributed by atoms with E-state index in [0.717, 1.165) is 4.68 Å². The molecular weight excluding hydrogens is 556 g/mol. The Hall–Kier alpha value is -4.06. The largest absolute Gasteiger partial charge is 0.508 e. The van der Waals surface area contributed by atoms with E-state index < -0.39 is 21.5 Å². The van der Waals surface area contributed by atoms with Crippen LogP contribution >= 0.6 is 0 Å². The van der Waals surface area contributed by atoms with E-state index in [1.54, 1.807) is 68.4 Å². The third kappa shape index (κ3) is 5.67. The number of anilines is 1. The highest BCUT2D eigenvalue weighted by atomic mass is 32.2. The Morgan fingerprint density at radius 3 is 2.40 bits per heavy atom. The molecule has 2 heterocycles. The molecule has 0 unspecified atom stereocenters. The number of aromatic nitrogens is 2. The van der Waals surface area contributed by atoms with Crippen LogP contribution in [0.2, 0.25) is 0 Å². The molecule has 0 atom stereocenters. The van der Waals surface area contributed by atoms with Crippen LogP contribution in [0.5, 0.6) is 5.75 Å². The lowest BCUT2D eigenvalue weighted by Gasteiger charge is -2.27. The first-order chi connectivity index (χ1) is 20.0. The van der Waals surface area contributed by atoms with Crippen LogP contribution in [-0.4, -0.2) is 59.8 Å². The van der Waals surface area contributed by atoms with Crippen LogP contribution in [0.1, 0.15) is 36.5 Å². The monoisotopic (exact) mass is 590 g/mol. The summed E-state index contributed by atoms with van der Waals surface area (Å²) in [6.45, 7) is 8.25. The van der Waals surface area contributed by atoms with Gasteiger partial charge in [-0.3, -0.25) is 9.59 Å². The summed E-state index contributed by atoms with van der Waals surface area (Å²) < 4.78 is 34.9. The maximum absolute atomic E-state index is 13.5. The SMILES string of the molecule is Cc1cc(O)c(C(C)C)cc1NC(=O)Cn1nc(-c2ccc(C)c(S(=O)(=O)N3CCOCC3)c2)c2ccccc2c1=O. The summed E-state index contributed by atoms with van der Waals surface area (Å²) in [6, 6.07) is 15.3. The summed E-state index contributed by atoms with van der Waals surface area (Å²) in [5.41, 5.74) is 2.95. The summed E-state index contributed by atoms with van der Waals surface area (Å²) in [5, 5.41) is 18.6. The number of aromatic hydroxyl groups is 1. The van der Waals surface area contributed by atoms with Crippen molar-refractivity contribution in [3.05, 3.63) is 81.6 Å². The molecule has 220 valence electrons. The molecule has 0 radical (unpaired) electrons. The lowest BCUT2D eigenvalue weighted by Crippen LogP contribution is -2.40. The Balaban J connectivity index is 1.54. The minimum absolute atomic E-state index is 0.0417. The fraction of sp³-hybridized carbons (Fsp3) is 0.323. The van der Waals surface area contributed by atoms with Crippen LogP contribution in [0, 0.1) is 13.8 Å². The Morgan fingerprint density at radius 1 is 1.02 bits per heavy atom. The number of nitrogens with one attached hydrogen (secondary N) is 1. The Morgan fingerprint density at radius 2 is 1.71 bits per heavy atom. The number of phenols is 1. The van der Waals surface area contributed by atoms with Gasteiger partial charge in [-0.2, -0.15) is 9.40 Å². The molecule has 42 heavy (non-hydrogen) atoms. The van der Waals surface area contributed by atoms with E-state index in [9.17, 15) is 23.1 Å². The minimum atomic E-state index is -3.79. The molecule has 3 aromatic carbocycles. The quantitative estimate of drug-likeness (QED) is 0.309. The summed E-state index contributed by atoms with van der Waals surface area (Å²) in [5.74, 6) is -0.264. The molecule has 0 spiro atoms. The third-order valence-corrected chi connectivity index (χ3v) is 9.52. The van der Waals surface area contributed by atoms with Crippen molar-refractivity contribution in [2.75, 3.05) is 31.6 Å². The summed E-state index contributed by atoms with van der Waals surface area (Å²) in [7, 11) is -3.79. The van der Waals surface area contributed by atoms with Gasteiger partial charge in [0, 0.05) is 29.7 Å². The topological polar surface area (TPSA) is 131 Å². The third-order valence-electron chi connectivity index (χ3n) is 7.48. The number of hydrogen-bond acceptors (Lipinski definition) is 7. The number of carbonyl (C=O) groups is 1. The number of hydrogen-bond donors (Lipinski definition) is 2. The first-order valence-corrected chi connectivity index (χ1v) is 15.2. The highest BCUT2D eigenvalue weighted by molar-refractivity contribution is 7.89. The predicted octanol–water partition coefficient (Wildman–Crippen LogP) is 4.17. The van der Waals surface area contributed by atoms with Crippen LogP contribution < -0.4 is 10.9 Å². The number of nitrogens with zero attached hydrogens (tertiary/aromatic N) is 3. The Kier molecular flexibility index (Phi) is 8.18. The second-order valence-corrected chi connectivity index (χ2v) is 12.7. The van der Waals surface area contributed by atoms with E-state index in [2.05, 4.69) is 10.4 Å². The molecule has 0 bridgehead atoms. The van der Waals surface area contributed by atoms with Gasteiger partial charge in [0.15, 0.2) is 0 Å². The van der Waals surface area contributed by atoms with Crippen molar-refractivity contribution < 1.29 is 23.1 Å². The van der Waals surface area contributed by atoms with E-state index in [0.29, 0.717) is 57.6 Å². The molecule has 1 aliphatic heterocycles. The number of fused-ring (bicyclic) bond motifs is 1. The lowest BCUT2D eigenvalue weighted by molar-refractivity contribution is -0.117. The smallest absolute Gasteiger partial charge is 0.275 e. The molecule has 0 aliphatic carbocycles. The molecule has 1 saturated heterocycles. The lowest BCUT2D eigenvalue weighted by atomic mass is 9.99.